The topological polar surface area (TPSA) is 75.6 Å². The third kappa shape index (κ3) is 5.90. The van der Waals surface area contributed by atoms with Crippen LogP contribution in [0.2, 0.25) is 0 Å². The number of unbranched alkanes of at least 4 members (excludes halogenated alkanes) is 1. The van der Waals surface area contributed by atoms with Gasteiger partial charge in [-0.15, -0.1) is 0 Å². The van der Waals surface area contributed by atoms with E-state index in [0.717, 1.165) is 5.75 Å². The molecule has 104 valence electrons. The van der Waals surface area contributed by atoms with Gasteiger partial charge in [0.15, 0.2) is 0 Å². The van der Waals surface area contributed by atoms with E-state index >= 15 is 0 Å². The van der Waals surface area contributed by atoms with Gasteiger partial charge in [-0.3, -0.25) is 9.59 Å². The molecule has 0 heterocycles. The molecule has 0 aliphatic rings. The fraction of sp³-hybridized carbons (Fsp3) is 0.429. The minimum Gasteiger partial charge on any atom is -0.494 e. The van der Waals surface area contributed by atoms with Crippen molar-refractivity contribution in [2.75, 3.05) is 13.2 Å². The highest BCUT2D eigenvalue weighted by Crippen LogP contribution is 2.11. The summed E-state index contributed by atoms with van der Waals surface area (Å²) in [5.74, 6) is -0.225. The summed E-state index contributed by atoms with van der Waals surface area (Å²) < 4.78 is 5.29. The number of hydrogen-bond donors (Lipinski definition) is 2. The molecule has 5 nitrogen and oxygen atoms in total. The van der Waals surface area contributed by atoms with Crippen LogP contribution in [0.5, 0.6) is 5.75 Å². The van der Waals surface area contributed by atoms with Gasteiger partial charge in [-0.2, -0.15) is 0 Å². The van der Waals surface area contributed by atoms with Gasteiger partial charge in [0, 0.05) is 18.5 Å². The molecule has 2 N–H and O–H groups in total. The van der Waals surface area contributed by atoms with Crippen LogP contribution < -0.4 is 10.1 Å². The predicted molar refractivity (Wildman–Crippen MR) is 71.4 cm³/mol. The van der Waals surface area contributed by atoms with Gasteiger partial charge in [0.1, 0.15) is 5.75 Å². The van der Waals surface area contributed by atoms with E-state index in [1.165, 1.54) is 0 Å². The lowest BCUT2D eigenvalue weighted by Gasteiger charge is -2.06. The summed E-state index contributed by atoms with van der Waals surface area (Å²) in [5.41, 5.74) is 0.571. The molecule has 0 bridgehead atoms. The number of amides is 1. The Balaban J connectivity index is 2.30. The average molecular weight is 265 g/mol. The first-order valence-electron chi connectivity index (χ1n) is 6.36. The van der Waals surface area contributed by atoms with Gasteiger partial charge in [-0.1, -0.05) is 0 Å². The minimum atomic E-state index is -0.808. The van der Waals surface area contributed by atoms with Crippen molar-refractivity contribution in [2.45, 2.75) is 26.2 Å². The van der Waals surface area contributed by atoms with E-state index in [9.17, 15) is 9.59 Å². The molecule has 0 radical (unpaired) electrons. The Morgan fingerprint density at radius 2 is 1.89 bits per heavy atom. The van der Waals surface area contributed by atoms with Gasteiger partial charge in [0.25, 0.3) is 5.91 Å². The lowest BCUT2D eigenvalue weighted by Crippen LogP contribution is -2.24. The second kappa shape index (κ2) is 8.13. The van der Waals surface area contributed by atoms with E-state index < -0.39 is 5.97 Å². The van der Waals surface area contributed by atoms with E-state index in [0.29, 0.717) is 31.6 Å². The smallest absolute Gasteiger partial charge is 0.303 e. The SMILES string of the molecule is CCOc1ccc(C(=O)NCCCCC(=O)O)cc1. The van der Waals surface area contributed by atoms with Crippen LogP contribution in [-0.2, 0) is 4.79 Å². The number of aliphatic carboxylic acids is 1. The first kappa shape index (κ1) is 15.0. The zero-order valence-corrected chi connectivity index (χ0v) is 11.0. The summed E-state index contributed by atoms with van der Waals surface area (Å²) in [6.07, 6.45) is 1.37. The Bertz CT molecular complexity index is 414. The highest BCUT2D eigenvalue weighted by atomic mass is 16.5. The number of hydrogen-bond acceptors (Lipinski definition) is 3. The number of carbonyl (C=O) groups excluding carboxylic acids is 1. The van der Waals surface area contributed by atoms with Gasteiger partial charge in [-0.25, -0.2) is 0 Å². The van der Waals surface area contributed by atoms with Crippen molar-refractivity contribution in [3.8, 4) is 5.75 Å². The van der Waals surface area contributed by atoms with Crippen LogP contribution in [-0.4, -0.2) is 30.1 Å². The van der Waals surface area contributed by atoms with E-state index in [4.69, 9.17) is 9.84 Å². The molecule has 0 aromatic heterocycles. The van der Waals surface area contributed by atoms with E-state index in [2.05, 4.69) is 5.32 Å². The number of nitrogens with one attached hydrogen (secondary N) is 1. The standard InChI is InChI=1S/C14H19NO4/c1-2-19-12-8-6-11(7-9-12)14(18)15-10-4-3-5-13(16)17/h6-9H,2-5,10H2,1H3,(H,15,18)(H,16,17). The number of ether oxygens (including phenoxy) is 1. The normalized spacial score (nSPS) is 9.95. The van der Waals surface area contributed by atoms with Gasteiger partial charge in [0.05, 0.1) is 6.61 Å². The molecule has 0 atom stereocenters. The van der Waals surface area contributed by atoms with Crippen LogP contribution in [0.4, 0.5) is 0 Å². The number of rotatable bonds is 8. The zero-order valence-electron chi connectivity index (χ0n) is 11.0. The maximum absolute atomic E-state index is 11.7. The number of carbonyl (C=O) groups is 2. The summed E-state index contributed by atoms with van der Waals surface area (Å²) in [4.78, 5) is 22.0. The second-order valence-electron chi connectivity index (χ2n) is 4.06. The first-order valence-corrected chi connectivity index (χ1v) is 6.36. The van der Waals surface area contributed by atoms with Crippen LogP contribution >= 0.6 is 0 Å². The molecule has 0 saturated carbocycles. The molecule has 1 aromatic rings. The van der Waals surface area contributed by atoms with Gasteiger partial charge in [-0.05, 0) is 44.0 Å². The largest absolute Gasteiger partial charge is 0.494 e. The van der Waals surface area contributed by atoms with Crippen LogP contribution in [0.15, 0.2) is 24.3 Å². The third-order valence-electron chi connectivity index (χ3n) is 2.53. The fourth-order valence-corrected chi connectivity index (χ4v) is 1.57. The van der Waals surface area contributed by atoms with Gasteiger partial charge < -0.3 is 15.2 Å². The Hall–Kier alpha value is -2.04. The summed E-state index contributed by atoms with van der Waals surface area (Å²) in [7, 11) is 0. The first-order chi connectivity index (χ1) is 9.13. The molecule has 0 unspecified atom stereocenters. The molecule has 5 heteroatoms. The highest BCUT2D eigenvalue weighted by molar-refractivity contribution is 5.94. The van der Waals surface area contributed by atoms with E-state index in [1.807, 2.05) is 6.92 Å². The van der Waals surface area contributed by atoms with Gasteiger partial charge in [0.2, 0.25) is 0 Å². The molecule has 0 fully saturated rings. The van der Waals surface area contributed by atoms with Crippen molar-refractivity contribution in [1.29, 1.82) is 0 Å². The van der Waals surface area contributed by atoms with Crippen molar-refractivity contribution in [1.82, 2.24) is 5.32 Å². The van der Waals surface area contributed by atoms with Crippen molar-refractivity contribution >= 4 is 11.9 Å². The Labute approximate surface area is 112 Å². The summed E-state index contributed by atoms with van der Waals surface area (Å²) in [6.45, 7) is 2.98. The highest BCUT2D eigenvalue weighted by Gasteiger charge is 2.05. The van der Waals surface area contributed by atoms with Crippen LogP contribution in [0, 0.1) is 0 Å². The zero-order chi connectivity index (χ0) is 14.1. The van der Waals surface area contributed by atoms with Crippen molar-refractivity contribution < 1.29 is 19.4 Å². The number of carboxylic acid groups (broad SMARTS) is 1. The quantitative estimate of drug-likeness (QED) is 0.705. The minimum absolute atomic E-state index is 0.138. The lowest BCUT2D eigenvalue weighted by molar-refractivity contribution is -0.137. The van der Waals surface area contributed by atoms with Crippen molar-refractivity contribution in [2.24, 2.45) is 0 Å². The van der Waals surface area contributed by atoms with Gasteiger partial charge >= 0.3 is 5.97 Å². The van der Waals surface area contributed by atoms with Crippen LogP contribution in [0.3, 0.4) is 0 Å². The Morgan fingerprint density at radius 3 is 2.47 bits per heavy atom. The molecule has 0 aliphatic heterocycles. The second-order valence-corrected chi connectivity index (χ2v) is 4.06. The molecular formula is C14H19NO4. The number of carboxylic acids is 1. The molecule has 1 rings (SSSR count). The molecule has 0 aliphatic carbocycles. The molecule has 19 heavy (non-hydrogen) atoms. The summed E-state index contributed by atoms with van der Waals surface area (Å²) in [6, 6.07) is 6.92. The maximum atomic E-state index is 11.7. The summed E-state index contributed by atoms with van der Waals surface area (Å²) in [5, 5.41) is 11.2. The molecule has 1 aromatic carbocycles. The Morgan fingerprint density at radius 1 is 1.21 bits per heavy atom. The average Bonchev–Trinajstić information content (AvgIpc) is 2.39. The lowest BCUT2D eigenvalue weighted by atomic mass is 10.2. The maximum Gasteiger partial charge on any atom is 0.303 e. The third-order valence-corrected chi connectivity index (χ3v) is 2.53. The van der Waals surface area contributed by atoms with Crippen LogP contribution in [0.25, 0.3) is 0 Å². The van der Waals surface area contributed by atoms with Crippen molar-refractivity contribution in [3.63, 3.8) is 0 Å². The molecule has 0 spiro atoms. The molecular weight excluding hydrogens is 246 g/mol. The van der Waals surface area contributed by atoms with E-state index in [1.54, 1.807) is 24.3 Å². The molecule has 1 amide bonds. The predicted octanol–water partition coefficient (Wildman–Crippen LogP) is 2.07. The van der Waals surface area contributed by atoms with E-state index in [-0.39, 0.29) is 12.3 Å². The summed E-state index contributed by atoms with van der Waals surface area (Å²) >= 11 is 0. The fourth-order valence-electron chi connectivity index (χ4n) is 1.57. The molecule has 0 saturated heterocycles. The number of benzene rings is 1. The van der Waals surface area contributed by atoms with Crippen molar-refractivity contribution in [3.05, 3.63) is 29.8 Å². The van der Waals surface area contributed by atoms with Crippen LogP contribution in [0.1, 0.15) is 36.5 Å². The monoisotopic (exact) mass is 265 g/mol. The Kier molecular flexibility index (Phi) is 6.43.